The quantitative estimate of drug-likeness (QED) is 0.886. The van der Waals surface area contributed by atoms with Crippen LogP contribution in [-0.2, 0) is 26.4 Å². The van der Waals surface area contributed by atoms with Gasteiger partial charge in [0, 0.05) is 50.8 Å². The fourth-order valence-corrected chi connectivity index (χ4v) is 3.27. The number of aromatic nitrogens is 3. The van der Waals surface area contributed by atoms with Gasteiger partial charge in [0.15, 0.2) is 0 Å². The van der Waals surface area contributed by atoms with E-state index in [1.165, 1.54) is 36.8 Å². The Balaban J connectivity index is 1.68. The second-order valence-electron chi connectivity index (χ2n) is 6.08. The number of nitrogens with zero attached hydrogens (tertiary/aromatic N) is 3. The summed E-state index contributed by atoms with van der Waals surface area (Å²) in [7, 11) is 2.06. The largest absolute Gasteiger partial charge is 0.353 e. The van der Waals surface area contributed by atoms with Crippen LogP contribution in [0.25, 0.3) is 0 Å². The van der Waals surface area contributed by atoms with Gasteiger partial charge in [-0.1, -0.05) is 6.92 Å². The van der Waals surface area contributed by atoms with Crippen LogP contribution in [0.2, 0.25) is 0 Å². The van der Waals surface area contributed by atoms with Crippen LogP contribution < -0.4 is 5.32 Å². The molecule has 4 heteroatoms. The highest BCUT2D eigenvalue weighted by molar-refractivity contribution is 5.30. The summed E-state index contributed by atoms with van der Waals surface area (Å²) in [5, 5.41) is 3.69. The molecule has 2 aromatic heterocycles. The molecule has 0 radical (unpaired) electrons. The fourth-order valence-electron chi connectivity index (χ4n) is 3.27. The number of imidazole rings is 1. The Kier molecular flexibility index (Phi) is 4.44. The van der Waals surface area contributed by atoms with Crippen LogP contribution in [0.15, 0.2) is 24.8 Å². The van der Waals surface area contributed by atoms with E-state index in [0.29, 0.717) is 6.04 Å². The van der Waals surface area contributed by atoms with E-state index in [-0.39, 0.29) is 0 Å². The average Bonchev–Trinajstić information content (AvgIpc) is 3.08. The minimum absolute atomic E-state index is 0.558. The van der Waals surface area contributed by atoms with Crippen molar-refractivity contribution in [2.45, 2.75) is 51.6 Å². The molecule has 0 amide bonds. The summed E-state index contributed by atoms with van der Waals surface area (Å²) < 4.78 is 4.46. The standard InChI is InChI=1S/C17H26N4/c1-3-8-18-16-6-4-5-14-12-21(13-15(14)16)10-7-17-19-9-11-20(17)2/h9,11-13,16,18H,3-8,10H2,1-2H3. The molecule has 2 aromatic rings. The molecule has 0 saturated carbocycles. The van der Waals surface area contributed by atoms with Crippen LogP contribution >= 0.6 is 0 Å². The summed E-state index contributed by atoms with van der Waals surface area (Å²) in [6.45, 7) is 4.36. The van der Waals surface area contributed by atoms with Gasteiger partial charge in [0.05, 0.1) is 0 Å². The fraction of sp³-hybridized carbons (Fsp3) is 0.588. The van der Waals surface area contributed by atoms with E-state index in [1.54, 1.807) is 0 Å². The van der Waals surface area contributed by atoms with Crippen molar-refractivity contribution in [2.75, 3.05) is 6.54 Å². The van der Waals surface area contributed by atoms with Gasteiger partial charge in [-0.3, -0.25) is 0 Å². The Labute approximate surface area is 127 Å². The van der Waals surface area contributed by atoms with Crippen LogP contribution in [0, 0.1) is 0 Å². The molecule has 4 nitrogen and oxygen atoms in total. The zero-order valence-electron chi connectivity index (χ0n) is 13.2. The highest BCUT2D eigenvalue weighted by Crippen LogP contribution is 2.30. The molecule has 21 heavy (non-hydrogen) atoms. The lowest BCUT2D eigenvalue weighted by molar-refractivity contribution is 0.462. The van der Waals surface area contributed by atoms with Gasteiger partial charge in [-0.15, -0.1) is 0 Å². The molecule has 1 atom stereocenters. The van der Waals surface area contributed by atoms with Crippen molar-refractivity contribution in [3.8, 4) is 0 Å². The number of hydrogen-bond acceptors (Lipinski definition) is 2. The zero-order chi connectivity index (χ0) is 14.7. The first-order chi connectivity index (χ1) is 10.3. The molecule has 0 aliphatic heterocycles. The Morgan fingerprint density at radius 3 is 3.05 bits per heavy atom. The van der Waals surface area contributed by atoms with Gasteiger partial charge in [-0.2, -0.15) is 0 Å². The summed E-state index contributed by atoms with van der Waals surface area (Å²) in [5.74, 6) is 1.15. The van der Waals surface area contributed by atoms with Crippen LogP contribution in [0.3, 0.4) is 0 Å². The SMILES string of the molecule is CCCNC1CCCc2cn(CCc3nccn3C)cc21. The summed E-state index contributed by atoms with van der Waals surface area (Å²) in [4.78, 5) is 4.41. The molecule has 0 aromatic carbocycles. The highest BCUT2D eigenvalue weighted by Gasteiger charge is 2.21. The van der Waals surface area contributed by atoms with E-state index in [0.717, 1.165) is 25.3 Å². The van der Waals surface area contributed by atoms with Gasteiger partial charge in [0.1, 0.15) is 5.82 Å². The van der Waals surface area contributed by atoms with Crippen molar-refractivity contribution in [3.05, 3.63) is 41.7 Å². The van der Waals surface area contributed by atoms with E-state index in [1.807, 2.05) is 12.4 Å². The maximum absolute atomic E-state index is 4.41. The number of aryl methyl sites for hydroxylation is 4. The van der Waals surface area contributed by atoms with Gasteiger partial charge in [-0.05, 0) is 43.4 Å². The number of rotatable bonds is 6. The maximum Gasteiger partial charge on any atom is 0.110 e. The number of hydrogen-bond donors (Lipinski definition) is 1. The first-order valence-corrected chi connectivity index (χ1v) is 8.16. The first kappa shape index (κ1) is 14.4. The normalized spacial score (nSPS) is 17.9. The molecule has 1 aliphatic carbocycles. The lowest BCUT2D eigenvalue weighted by Gasteiger charge is -2.23. The Morgan fingerprint density at radius 1 is 1.38 bits per heavy atom. The predicted octanol–water partition coefficient (Wildman–Crippen LogP) is 2.84. The molecule has 0 fully saturated rings. The van der Waals surface area contributed by atoms with Gasteiger partial charge in [-0.25, -0.2) is 4.98 Å². The molecular formula is C17H26N4. The van der Waals surface area contributed by atoms with E-state index in [9.17, 15) is 0 Å². The molecule has 2 heterocycles. The van der Waals surface area contributed by atoms with Crippen molar-refractivity contribution < 1.29 is 0 Å². The lowest BCUT2D eigenvalue weighted by Crippen LogP contribution is -2.24. The Hall–Kier alpha value is -1.55. The molecule has 0 saturated heterocycles. The third kappa shape index (κ3) is 3.21. The third-order valence-corrected chi connectivity index (χ3v) is 4.47. The predicted molar refractivity (Wildman–Crippen MR) is 85.3 cm³/mol. The smallest absolute Gasteiger partial charge is 0.110 e. The van der Waals surface area contributed by atoms with Gasteiger partial charge >= 0.3 is 0 Å². The molecule has 1 unspecified atom stereocenters. The average molecular weight is 286 g/mol. The molecular weight excluding hydrogens is 260 g/mol. The van der Waals surface area contributed by atoms with Crippen molar-refractivity contribution in [2.24, 2.45) is 7.05 Å². The highest BCUT2D eigenvalue weighted by atomic mass is 15.0. The minimum Gasteiger partial charge on any atom is -0.353 e. The van der Waals surface area contributed by atoms with Crippen LogP contribution in [0.1, 0.15) is 49.2 Å². The van der Waals surface area contributed by atoms with Crippen molar-refractivity contribution in [1.29, 1.82) is 0 Å². The summed E-state index contributed by atoms with van der Waals surface area (Å²) in [6.07, 6.45) is 14.6. The second-order valence-corrected chi connectivity index (χ2v) is 6.08. The number of fused-ring (bicyclic) bond motifs is 1. The maximum atomic E-state index is 4.41. The van der Waals surface area contributed by atoms with Crippen molar-refractivity contribution >= 4 is 0 Å². The summed E-state index contributed by atoms with van der Waals surface area (Å²) in [6, 6.07) is 0.558. The van der Waals surface area contributed by atoms with E-state index < -0.39 is 0 Å². The van der Waals surface area contributed by atoms with Gasteiger partial charge < -0.3 is 14.5 Å². The molecule has 3 rings (SSSR count). The Bertz CT molecular complexity index is 581. The monoisotopic (exact) mass is 286 g/mol. The van der Waals surface area contributed by atoms with Crippen LogP contribution in [-0.4, -0.2) is 20.7 Å². The van der Waals surface area contributed by atoms with E-state index in [2.05, 4.69) is 45.8 Å². The van der Waals surface area contributed by atoms with Gasteiger partial charge in [0.25, 0.3) is 0 Å². The van der Waals surface area contributed by atoms with E-state index in [4.69, 9.17) is 0 Å². The topological polar surface area (TPSA) is 34.8 Å². The Morgan fingerprint density at radius 2 is 2.29 bits per heavy atom. The first-order valence-electron chi connectivity index (χ1n) is 8.16. The summed E-state index contributed by atoms with van der Waals surface area (Å²) in [5.41, 5.74) is 3.06. The molecule has 1 aliphatic rings. The number of nitrogens with one attached hydrogen (secondary N) is 1. The lowest BCUT2D eigenvalue weighted by atomic mass is 9.91. The minimum atomic E-state index is 0.558. The third-order valence-electron chi connectivity index (χ3n) is 4.47. The van der Waals surface area contributed by atoms with Crippen LogP contribution in [0.4, 0.5) is 0 Å². The van der Waals surface area contributed by atoms with Crippen molar-refractivity contribution in [3.63, 3.8) is 0 Å². The molecule has 0 bridgehead atoms. The summed E-state index contributed by atoms with van der Waals surface area (Å²) >= 11 is 0. The molecule has 114 valence electrons. The van der Waals surface area contributed by atoms with E-state index >= 15 is 0 Å². The van der Waals surface area contributed by atoms with Crippen LogP contribution in [0.5, 0.6) is 0 Å². The molecule has 1 N–H and O–H groups in total. The van der Waals surface area contributed by atoms with Crippen molar-refractivity contribution in [1.82, 2.24) is 19.4 Å². The van der Waals surface area contributed by atoms with Gasteiger partial charge in [0.2, 0.25) is 0 Å². The molecule has 0 spiro atoms. The second kappa shape index (κ2) is 6.48. The zero-order valence-corrected chi connectivity index (χ0v) is 13.2.